The molecule has 0 atom stereocenters. The lowest BCUT2D eigenvalue weighted by Gasteiger charge is -2.26. The van der Waals surface area contributed by atoms with Crippen molar-refractivity contribution in [2.24, 2.45) is 0 Å². The average Bonchev–Trinajstić information content (AvgIpc) is 3.27. The van der Waals surface area contributed by atoms with Crippen molar-refractivity contribution in [3.8, 4) is 11.3 Å². The first-order valence-electron chi connectivity index (χ1n) is 10.00. The molecule has 0 spiro atoms. The van der Waals surface area contributed by atoms with Gasteiger partial charge in [-0.2, -0.15) is 4.31 Å². The fourth-order valence-corrected chi connectivity index (χ4v) is 5.42. The number of morpholine rings is 1. The molecule has 9 heteroatoms. The second kappa shape index (κ2) is 9.69. The zero-order valence-electron chi connectivity index (χ0n) is 16.9. The number of hydrogen-bond acceptors (Lipinski definition) is 6. The maximum atomic E-state index is 12.7. The van der Waals surface area contributed by atoms with Crippen molar-refractivity contribution < 1.29 is 17.9 Å². The number of carbonyl (C=O) groups is 1. The van der Waals surface area contributed by atoms with Gasteiger partial charge in [0.25, 0.3) is 0 Å². The second-order valence-corrected chi connectivity index (χ2v) is 9.91. The van der Waals surface area contributed by atoms with Crippen LogP contribution in [0.3, 0.4) is 0 Å². The van der Waals surface area contributed by atoms with E-state index in [0.29, 0.717) is 37.9 Å². The SMILES string of the molecule is O=C(CCc1ccc(S(=O)(=O)N2CCOCC2)cc1)Nc1nc(-c2ccccc2)cs1. The van der Waals surface area contributed by atoms with E-state index in [1.165, 1.54) is 15.6 Å². The van der Waals surface area contributed by atoms with Crippen LogP contribution in [0, 0.1) is 0 Å². The van der Waals surface area contributed by atoms with Crippen molar-refractivity contribution in [1.82, 2.24) is 9.29 Å². The summed E-state index contributed by atoms with van der Waals surface area (Å²) in [5, 5.41) is 5.32. The van der Waals surface area contributed by atoms with E-state index in [4.69, 9.17) is 4.74 Å². The number of carbonyl (C=O) groups excluding carboxylic acids is 1. The normalized spacial score (nSPS) is 15.0. The molecule has 2 aromatic carbocycles. The van der Waals surface area contributed by atoms with Crippen LogP contribution < -0.4 is 5.32 Å². The molecule has 0 unspecified atom stereocenters. The van der Waals surface area contributed by atoms with Crippen LogP contribution in [0.15, 0.2) is 64.9 Å². The fraction of sp³-hybridized carbons (Fsp3) is 0.273. The van der Waals surface area contributed by atoms with Gasteiger partial charge in [-0.3, -0.25) is 4.79 Å². The topological polar surface area (TPSA) is 88.6 Å². The lowest BCUT2D eigenvalue weighted by Crippen LogP contribution is -2.40. The highest BCUT2D eigenvalue weighted by Gasteiger charge is 2.26. The highest BCUT2D eigenvalue weighted by Crippen LogP contribution is 2.25. The predicted octanol–water partition coefficient (Wildman–Crippen LogP) is 3.40. The van der Waals surface area contributed by atoms with Gasteiger partial charge >= 0.3 is 0 Å². The Labute approximate surface area is 185 Å². The molecule has 7 nitrogen and oxygen atoms in total. The Bertz CT molecular complexity index is 1120. The molecule has 1 amide bonds. The predicted molar refractivity (Wildman–Crippen MR) is 121 cm³/mol. The summed E-state index contributed by atoms with van der Waals surface area (Å²) in [4.78, 5) is 17.0. The summed E-state index contributed by atoms with van der Waals surface area (Å²) in [5.41, 5.74) is 2.74. The number of ether oxygens (including phenoxy) is 1. The van der Waals surface area contributed by atoms with Gasteiger partial charge in [-0.25, -0.2) is 13.4 Å². The Hall–Kier alpha value is -2.59. The van der Waals surface area contributed by atoms with Gasteiger partial charge < -0.3 is 10.1 Å². The Balaban J connectivity index is 1.31. The van der Waals surface area contributed by atoms with E-state index < -0.39 is 10.0 Å². The molecule has 0 saturated carbocycles. The van der Waals surface area contributed by atoms with Crippen molar-refractivity contribution in [2.75, 3.05) is 31.6 Å². The van der Waals surface area contributed by atoms with Gasteiger partial charge in [0.2, 0.25) is 15.9 Å². The molecule has 4 rings (SSSR count). The van der Waals surface area contributed by atoms with E-state index in [2.05, 4.69) is 10.3 Å². The van der Waals surface area contributed by atoms with Crippen molar-refractivity contribution in [3.05, 3.63) is 65.5 Å². The Morgan fingerprint density at radius 3 is 2.48 bits per heavy atom. The summed E-state index contributed by atoms with van der Waals surface area (Å²) in [6.07, 6.45) is 0.802. The lowest BCUT2D eigenvalue weighted by molar-refractivity contribution is -0.116. The molecule has 0 aliphatic carbocycles. The zero-order valence-corrected chi connectivity index (χ0v) is 18.5. The minimum Gasteiger partial charge on any atom is -0.379 e. The Morgan fingerprint density at radius 2 is 1.77 bits per heavy atom. The standard InChI is InChI=1S/C22H23N3O4S2/c26-21(24-22-23-20(16-30-22)18-4-2-1-3-5-18)11-8-17-6-9-19(10-7-17)31(27,28)25-12-14-29-15-13-25/h1-7,9-10,16H,8,11-15H2,(H,23,24,26). The van der Waals surface area contributed by atoms with Crippen LogP contribution in [0.4, 0.5) is 5.13 Å². The molecular formula is C22H23N3O4S2. The van der Waals surface area contributed by atoms with E-state index in [0.717, 1.165) is 16.8 Å². The maximum absolute atomic E-state index is 12.7. The third-order valence-electron chi connectivity index (χ3n) is 4.99. The number of thiazole rings is 1. The van der Waals surface area contributed by atoms with Crippen molar-refractivity contribution >= 4 is 32.4 Å². The number of amides is 1. The van der Waals surface area contributed by atoms with Gasteiger partial charge in [0.05, 0.1) is 23.8 Å². The number of aromatic nitrogens is 1. The Kier molecular flexibility index (Phi) is 6.77. The molecule has 3 aromatic rings. The van der Waals surface area contributed by atoms with Crippen molar-refractivity contribution in [2.45, 2.75) is 17.7 Å². The molecule has 31 heavy (non-hydrogen) atoms. The largest absolute Gasteiger partial charge is 0.379 e. The third kappa shape index (κ3) is 5.37. The van der Waals surface area contributed by atoms with Crippen LogP contribution in [-0.2, 0) is 26.0 Å². The van der Waals surface area contributed by atoms with Gasteiger partial charge in [-0.15, -0.1) is 11.3 Å². The molecule has 0 bridgehead atoms. The third-order valence-corrected chi connectivity index (χ3v) is 7.66. The smallest absolute Gasteiger partial charge is 0.243 e. The molecular weight excluding hydrogens is 434 g/mol. The van der Waals surface area contributed by atoms with E-state index >= 15 is 0 Å². The number of nitrogens with zero attached hydrogens (tertiary/aromatic N) is 2. The number of rotatable bonds is 7. The zero-order chi connectivity index (χ0) is 21.7. The number of anilines is 1. The molecule has 1 saturated heterocycles. The quantitative estimate of drug-likeness (QED) is 0.587. The highest BCUT2D eigenvalue weighted by molar-refractivity contribution is 7.89. The number of hydrogen-bond donors (Lipinski definition) is 1. The van der Waals surface area contributed by atoms with Gasteiger partial charge in [0.1, 0.15) is 0 Å². The van der Waals surface area contributed by atoms with E-state index in [-0.39, 0.29) is 17.2 Å². The monoisotopic (exact) mass is 457 g/mol. The minimum absolute atomic E-state index is 0.126. The van der Waals surface area contributed by atoms with Crippen LogP contribution in [0.25, 0.3) is 11.3 Å². The van der Waals surface area contributed by atoms with Crippen LogP contribution in [-0.4, -0.2) is 49.9 Å². The van der Waals surface area contributed by atoms with Crippen LogP contribution in [0.5, 0.6) is 0 Å². The number of benzene rings is 2. The van der Waals surface area contributed by atoms with Crippen molar-refractivity contribution in [1.29, 1.82) is 0 Å². The fourth-order valence-electron chi connectivity index (χ4n) is 3.28. The summed E-state index contributed by atoms with van der Waals surface area (Å²) >= 11 is 1.39. The Morgan fingerprint density at radius 1 is 1.06 bits per heavy atom. The molecule has 0 radical (unpaired) electrons. The van der Waals surface area contributed by atoms with Crippen LogP contribution in [0.2, 0.25) is 0 Å². The molecule has 1 N–H and O–H groups in total. The molecule has 1 fully saturated rings. The van der Waals surface area contributed by atoms with Gasteiger partial charge in [0.15, 0.2) is 5.13 Å². The molecule has 1 aliphatic rings. The first-order valence-corrected chi connectivity index (χ1v) is 12.3. The number of sulfonamides is 1. The first-order chi connectivity index (χ1) is 15.0. The molecule has 1 aromatic heterocycles. The van der Waals surface area contributed by atoms with Gasteiger partial charge in [0, 0.05) is 30.5 Å². The van der Waals surface area contributed by atoms with Crippen LogP contribution >= 0.6 is 11.3 Å². The summed E-state index contributed by atoms with van der Waals surface area (Å²) in [6.45, 7) is 1.57. The maximum Gasteiger partial charge on any atom is 0.243 e. The minimum atomic E-state index is -3.50. The second-order valence-electron chi connectivity index (χ2n) is 7.11. The number of aryl methyl sites for hydroxylation is 1. The lowest BCUT2D eigenvalue weighted by atomic mass is 10.1. The summed E-state index contributed by atoms with van der Waals surface area (Å²) < 4.78 is 32.0. The molecule has 162 valence electrons. The average molecular weight is 458 g/mol. The molecule has 2 heterocycles. The number of nitrogens with one attached hydrogen (secondary N) is 1. The van der Waals surface area contributed by atoms with E-state index in [9.17, 15) is 13.2 Å². The van der Waals surface area contributed by atoms with Gasteiger partial charge in [-0.05, 0) is 24.1 Å². The van der Waals surface area contributed by atoms with Crippen molar-refractivity contribution in [3.63, 3.8) is 0 Å². The van der Waals surface area contributed by atoms with Crippen LogP contribution in [0.1, 0.15) is 12.0 Å². The first kappa shape index (κ1) is 21.6. The highest BCUT2D eigenvalue weighted by atomic mass is 32.2. The van der Waals surface area contributed by atoms with Gasteiger partial charge in [-0.1, -0.05) is 42.5 Å². The van der Waals surface area contributed by atoms with E-state index in [1.54, 1.807) is 24.3 Å². The van der Waals surface area contributed by atoms with E-state index in [1.807, 2.05) is 35.7 Å². The molecule has 1 aliphatic heterocycles. The summed E-state index contributed by atoms with van der Waals surface area (Å²) in [6, 6.07) is 16.5. The summed E-state index contributed by atoms with van der Waals surface area (Å²) in [7, 11) is -3.50. The summed E-state index contributed by atoms with van der Waals surface area (Å²) in [5.74, 6) is -0.126.